The van der Waals surface area contributed by atoms with E-state index in [1.165, 1.54) is 10.6 Å². The molecule has 1 fully saturated rings. The van der Waals surface area contributed by atoms with Crippen LogP contribution in [0.25, 0.3) is 21.9 Å². The maximum Gasteiger partial charge on any atom is 0.283 e. The largest absolute Gasteiger partial charge is 0.389 e. The Morgan fingerprint density at radius 1 is 1.17 bits per heavy atom. The number of benzene rings is 1. The number of hydrogen-bond acceptors (Lipinski definition) is 3. The second-order valence-electron chi connectivity index (χ2n) is 5.96. The first-order valence-electron chi connectivity index (χ1n) is 7.40. The van der Waals surface area contributed by atoms with Crippen LogP contribution in [-0.4, -0.2) is 39.8 Å². The summed E-state index contributed by atoms with van der Waals surface area (Å²) in [5.74, 6) is -4.46. The van der Waals surface area contributed by atoms with E-state index in [4.69, 9.17) is 0 Å². The molecule has 3 aromatic rings. The Balaban J connectivity index is 2.10. The van der Waals surface area contributed by atoms with Crippen molar-refractivity contribution in [3.63, 3.8) is 0 Å². The van der Waals surface area contributed by atoms with Crippen molar-refractivity contribution in [1.82, 2.24) is 14.9 Å². The van der Waals surface area contributed by atoms with Gasteiger partial charge in [0.2, 0.25) is 0 Å². The number of nitrogens with one attached hydrogen (secondary N) is 1. The van der Waals surface area contributed by atoms with Gasteiger partial charge in [0.25, 0.3) is 5.92 Å². The van der Waals surface area contributed by atoms with Crippen LogP contribution in [0, 0.1) is 11.6 Å². The van der Waals surface area contributed by atoms with Crippen molar-refractivity contribution in [3.05, 3.63) is 42.1 Å². The molecule has 0 amide bonds. The molecule has 4 rings (SSSR count). The van der Waals surface area contributed by atoms with Gasteiger partial charge in [-0.05, 0) is 24.3 Å². The van der Waals surface area contributed by atoms with Gasteiger partial charge in [-0.25, -0.2) is 22.5 Å². The zero-order valence-corrected chi connectivity index (χ0v) is 12.3. The third kappa shape index (κ3) is 2.17. The molecule has 0 radical (unpaired) electrons. The summed E-state index contributed by atoms with van der Waals surface area (Å²) >= 11 is 0. The van der Waals surface area contributed by atoms with Crippen molar-refractivity contribution in [2.45, 2.75) is 18.1 Å². The lowest BCUT2D eigenvalue weighted by molar-refractivity contribution is -0.110. The normalized spacial score (nSPS) is 23.9. The van der Waals surface area contributed by atoms with Gasteiger partial charge in [0, 0.05) is 17.3 Å². The molecular formula is C16H13F4N3O. The molecule has 3 heterocycles. The van der Waals surface area contributed by atoms with E-state index in [0.717, 1.165) is 24.4 Å². The molecule has 4 nitrogen and oxygen atoms in total. The van der Waals surface area contributed by atoms with Crippen LogP contribution in [0.1, 0.15) is 6.04 Å². The molecule has 2 atom stereocenters. The van der Waals surface area contributed by atoms with Crippen LogP contribution in [0.5, 0.6) is 0 Å². The number of pyridine rings is 1. The molecule has 1 saturated heterocycles. The van der Waals surface area contributed by atoms with Crippen LogP contribution in [0.3, 0.4) is 0 Å². The molecule has 2 N–H and O–H groups in total. The minimum Gasteiger partial charge on any atom is -0.389 e. The van der Waals surface area contributed by atoms with Crippen LogP contribution in [0.4, 0.5) is 17.6 Å². The summed E-state index contributed by atoms with van der Waals surface area (Å²) in [6.07, 6.45) is -0.455. The first-order valence-corrected chi connectivity index (χ1v) is 7.40. The molecule has 24 heavy (non-hydrogen) atoms. The zero-order chi connectivity index (χ0) is 17.1. The van der Waals surface area contributed by atoms with Gasteiger partial charge in [0.15, 0.2) is 0 Å². The highest BCUT2D eigenvalue weighted by atomic mass is 19.3. The number of fused-ring (bicyclic) bond motifs is 3. The monoisotopic (exact) mass is 339 g/mol. The molecule has 2 aromatic heterocycles. The minimum absolute atomic E-state index is 0.0101. The molecule has 0 saturated carbocycles. The first kappa shape index (κ1) is 15.3. The van der Waals surface area contributed by atoms with E-state index >= 15 is 0 Å². The molecule has 1 aliphatic rings. The summed E-state index contributed by atoms with van der Waals surface area (Å²) in [7, 11) is 0. The van der Waals surface area contributed by atoms with Gasteiger partial charge in [0.1, 0.15) is 23.3 Å². The summed E-state index contributed by atoms with van der Waals surface area (Å²) in [6.45, 7) is -0.609. The third-order valence-corrected chi connectivity index (χ3v) is 4.36. The summed E-state index contributed by atoms with van der Waals surface area (Å²) in [6, 6.07) is 3.18. The minimum atomic E-state index is -3.25. The van der Waals surface area contributed by atoms with Gasteiger partial charge in [0.05, 0.1) is 24.4 Å². The molecule has 0 unspecified atom stereocenters. The number of nitrogens with zero attached hydrogens (tertiary/aromatic N) is 2. The van der Waals surface area contributed by atoms with Gasteiger partial charge in [-0.2, -0.15) is 0 Å². The molecule has 8 heteroatoms. The number of alkyl halides is 2. The van der Waals surface area contributed by atoms with Gasteiger partial charge in [-0.1, -0.05) is 0 Å². The van der Waals surface area contributed by atoms with E-state index in [2.05, 4.69) is 10.3 Å². The molecule has 126 valence electrons. The predicted molar refractivity (Wildman–Crippen MR) is 80.0 cm³/mol. The highest BCUT2D eigenvalue weighted by molar-refractivity contribution is 6.06. The van der Waals surface area contributed by atoms with Crippen molar-refractivity contribution in [1.29, 1.82) is 0 Å². The number of aliphatic hydroxyl groups excluding tert-OH is 1. The quantitative estimate of drug-likeness (QED) is 0.670. The predicted octanol–water partition coefficient (Wildman–Crippen LogP) is 2.61. The van der Waals surface area contributed by atoms with Crippen molar-refractivity contribution in [2.75, 3.05) is 13.1 Å². The fourth-order valence-electron chi connectivity index (χ4n) is 3.40. The summed E-state index contributed by atoms with van der Waals surface area (Å²) in [5.41, 5.74) is 0.359. The highest BCUT2D eigenvalue weighted by Crippen LogP contribution is 2.40. The van der Waals surface area contributed by atoms with Crippen molar-refractivity contribution in [2.24, 2.45) is 0 Å². The number of piperidine rings is 1. The van der Waals surface area contributed by atoms with Crippen LogP contribution in [0.15, 0.2) is 30.5 Å². The Hall–Kier alpha value is -2.19. The Bertz CT molecular complexity index is 881. The van der Waals surface area contributed by atoms with E-state index in [1.54, 1.807) is 0 Å². The van der Waals surface area contributed by atoms with Crippen molar-refractivity contribution < 1.29 is 22.7 Å². The van der Waals surface area contributed by atoms with Gasteiger partial charge in [-0.15, -0.1) is 0 Å². The van der Waals surface area contributed by atoms with Gasteiger partial charge < -0.3 is 15.0 Å². The van der Waals surface area contributed by atoms with E-state index in [9.17, 15) is 22.7 Å². The molecule has 1 aliphatic heterocycles. The number of halogens is 4. The Labute approximate surface area is 133 Å². The second kappa shape index (κ2) is 5.15. The molecule has 1 aromatic carbocycles. The Morgan fingerprint density at radius 2 is 1.92 bits per heavy atom. The van der Waals surface area contributed by atoms with E-state index in [-0.39, 0.29) is 28.5 Å². The number of rotatable bonds is 1. The van der Waals surface area contributed by atoms with E-state index < -0.39 is 36.2 Å². The smallest absolute Gasteiger partial charge is 0.283 e. The average Bonchev–Trinajstić information content (AvgIpc) is 2.80. The lowest BCUT2D eigenvalue weighted by atomic mass is 9.99. The van der Waals surface area contributed by atoms with E-state index in [1.807, 2.05) is 0 Å². The third-order valence-electron chi connectivity index (χ3n) is 4.36. The number of hydrogen-bond donors (Lipinski definition) is 2. The highest BCUT2D eigenvalue weighted by Gasteiger charge is 2.49. The summed E-state index contributed by atoms with van der Waals surface area (Å²) in [4.78, 5) is 3.92. The molecular weight excluding hydrogens is 326 g/mol. The summed E-state index contributed by atoms with van der Waals surface area (Å²) in [5, 5.41) is 13.1. The van der Waals surface area contributed by atoms with Crippen LogP contribution in [0.2, 0.25) is 0 Å². The SMILES string of the molecule is O[C@H]1CNCC(F)(F)[C@@H]1n1c2ccc(F)cc2c2cc(F)cnc21. The van der Waals surface area contributed by atoms with Crippen LogP contribution < -0.4 is 5.32 Å². The van der Waals surface area contributed by atoms with E-state index in [0.29, 0.717) is 0 Å². The maximum absolute atomic E-state index is 14.5. The Morgan fingerprint density at radius 3 is 2.67 bits per heavy atom. The average molecular weight is 339 g/mol. The van der Waals surface area contributed by atoms with Crippen LogP contribution in [-0.2, 0) is 0 Å². The van der Waals surface area contributed by atoms with Crippen molar-refractivity contribution >= 4 is 21.9 Å². The number of β-amino-alcohol motifs (C(OH)–C–C–N with tert-alkyl or cyclic N) is 1. The van der Waals surface area contributed by atoms with Gasteiger partial charge in [-0.3, -0.25) is 0 Å². The number of aliphatic hydroxyl groups is 1. The topological polar surface area (TPSA) is 50.1 Å². The molecule has 0 spiro atoms. The fraction of sp³-hybridized carbons (Fsp3) is 0.312. The maximum atomic E-state index is 14.5. The first-order chi connectivity index (χ1) is 11.4. The Kier molecular flexibility index (Phi) is 3.29. The molecule has 0 aliphatic carbocycles. The van der Waals surface area contributed by atoms with Crippen LogP contribution >= 0.6 is 0 Å². The lowest BCUT2D eigenvalue weighted by Gasteiger charge is -2.37. The summed E-state index contributed by atoms with van der Waals surface area (Å²) < 4.78 is 57.3. The fourth-order valence-corrected chi connectivity index (χ4v) is 3.40. The molecule has 0 bridgehead atoms. The van der Waals surface area contributed by atoms with Gasteiger partial charge >= 0.3 is 0 Å². The second-order valence-corrected chi connectivity index (χ2v) is 5.96. The standard InChI is InChI=1S/C16H13F4N3O/c17-8-1-2-12-10(3-8)11-4-9(18)5-22-15(11)23(12)14-13(24)6-21-7-16(14,19)20/h1-5,13-14,21,24H,6-7H2/t13-,14+/m0/s1. The lowest BCUT2D eigenvalue weighted by Crippen LogP contribution is -2.54. The zero-order valence-electron chi connectivity index (χ0n) is 12.3. The number of aromatic nitrogens is 2. The van der Waals surface area contributed by atoms with Crippen molar-refractivity contribution in [3.8, 4) is 0 Å².